The molecule has 1 N–H and O–H groups in total. The number of carbonyl (C=O) groups is 1. The summed E-state index contributed by atoms with van der Waals surface area (Å²) in [5, 5.41) is 2.90. The zero-order valence-corrected chi connectivity index (χ0v) is 17.5. The van der Waals surface area contributed by atoms with Crippen LogP contribution in [0.25, 0.3) is 0 Å². The Morgan fingerprint density at radius 3 is 2.50 bits per heavy atom. The number of aromatic nitrogens is 2. The molecule has 0 saturated carbocycles. The van der Waals surface area contributed by atoms with Gasteiger partial charge in [-0.15, -0.1) is 0 Å². The molecule has 0 atom stereocenters. The molecule has 1 aliphatic heterocycles. The first-order valence-corrected chi connectivity index (χ1v) is 9.80. The molecule has 0 unspecified atom stereocenters. The van der Waals surface area contributed by atoms with Gasteiger partial charge in [-0.05, 0) is 64.5 Å². The first kappa shape index (κ1) is 22.0. The monoisotopic (exact) mass is 421 g/mol. The fraction of sp³-hybridized carbons (Fsp3) is 0.476. The van der Waals surface area contributed by atoms with Crippen LogP contribution in [0.4, 0.5) is 24.8 Å². The van der Waals surface area contributed by atoms with Gasteiger partial charge in [0, 0.05) is 30.5 Å². The van der Waals surface area contributed by atoms with Gasteiger partial charge in [0.1, 0.15) is 0 Å². The number of alkyl halides is 3. The average Bonchev–Trinajstić information content (AvgIpc) is 2.68. The second-order valence-corrected chi connectivity index (χ2v) is 7.80. The van der Waals surface area contributed by atoms with Crippen molar-refractivity contribution in [3.63, 3.8) is 0 Å². The van der Waals surface area contributed by atoms with Crippen LogP contribution in [0.1, 0.15) is 40.0 Å². The molecule has 0 aliphatic carbocycles. The second-order valence-electron chi connectivity index (χ2n) is 7.80. The predicted octanol–water partition coefficient (Wildman–Crippen LogP) is 4.02. The van der Waals surface area contributed by atoms with E-state index in [9.17, 15) is 18.0 Å². The van der Waals surface area contributed by atoms with Crippen LogP contribution in [-0.4, -0.2) is 58.9 Å². The molecule has 0 bridgehead atoms. The normalized spacial score (nSPS) is 15.8. The molecule has 162 valence electrons. The third-order valence-corrected chi connectivity index (χ3v) is 5.57. The number of rotatable bonds is 4. The number of piperidine rings is 1. The van der Waals surface area contributed by atoms with Crippen LogP contribution in [0.5, 0.6) is 0 Å². The number of likely N-dealkylation sites (tertiary alicyclic amines) is 1. The number of hydrogen-bond donors (Lipinski definition) is 1. The molecule has 2 heterocycles. The van der Waals surface area contributed by atoms with E-state index in [4.69, 9.17) is 0 Å². The van der Waals surface area contributed by atoms with Crippen molar-refractivity contribution in [2.45, 2.75) is 38.9 Å². The molecule has 0 spiro atoms. The Hall–Kier alpha value is -2.68. The largest absolute Gasteiger partial charge is 0.419 e. The highest BCUT2D eigenvalue weighted by Gasteiger charge is 2.33. The minimum atomic E-state index is -4.50. The van der Waals surface area contributed by atoms with Gasteiger partial charge in [-0.2, -0.15) is 13.2 Å². The summed E-state index contributed by atoms with van der Waals surface area (Å²) in [6.45, 7) is 5.05. The van der Waals surface area contributed by atoms with E-state index in [0.717, 1.165) is 37.7 Å². The van der Waals surface area contributed by atoms with Crippen molar-refractivity contribution < 1.29 is 18.0 Å². The minimum Gasteiger partial charge on any atom is -0.339 e. The SMILES string of the molecule is Cc1ccc(Nc2ncc(C(F)(F)F)c(C)n2)cc1C(=O)N(C)C1CCN(C)CC1. The summed E-state index contributed by atoms with van der Waals surface area (Å²) in [6.07, 6.45) is -1.88. The van der Waals surface area contributed by atoms with Crippen LogP contribution in [0.3, 0.4) is 0 Å². The van der Waals surface area contributed by atoms with Crippen molar-refractivity contribution in [3.05, 3.63) is 46.8 Å². The molecular formula is C21H26F3N5O. The maximum atomic E-state index is 13.1. The van der Waals surface area contributed by atoms with E-state index < -0.39 is 11.7 Å². The van der Waals surface area contributed by atoms with Crippen LogP contribution < -0.4 is 5.32 Å². The summed E-state index contributed by atoms with van der Waals surface area (Å²) in [5.41, 5.74) is 0.887. The van der Waals surface area contributed by atoms with Crippen molar-refractivity contribution >= 4 is 17.5 Å². The van der Waals surface area contributed by atoms with Crippen LogP contribution in [0, 0.1) is 13.8 Å². The van der Waals surface area contributed by atoms with E-state index in [-0.39, 0.29) is 23.6 Å². The number of aryl methyl sites for hydroxylation is 2. The Morgan fingerprint density at radius 2 is 1.90 bits per heavy atom. The topological polar surface area (TPSA) is 61.4 Å². The van der Waals surface area contributed by atoms with Crippen LogP contribution in [0.2, 0.25) is 0 Å². The molecule has 0 radical (unpaired) electrons. The van der Waals surface area contributed by atoms with Crippen LogP contribution in [0.15, 0.2) is 24.4 Å². The van der Waals surface area contributed by atoms with Crippen molar-refractivity contribution in [3.8, 4) is 0 Å². The van der Waals surface area contributed by atoms with Gasteiger partial charge in [0.05, 0.1) is 11.3 Å². The van der Waals surface area contributed by atoms with Crippen LogP contribution >= 0.6 is 0 Å². The van der Waals surface area contributed by atoms with Gasteiger partial charge < -0.3 is 15.1 Å². The third kappa shape index (κ3) is 4.89. The maximum Gasteiger partial charge on any atom is 0.419 e. The summed E-state index contributed by atoms with van der Waals surface area (Å²) in [4.78, 5) is 24.8. The lowest BCUT2D eigenvalue weighted by Crippen LogP contribution is -2.44. The number of hydrogen-bond acceptors (Lipinski definition) is 5. The number of nitrogens with one attached hydrogen (secondary N) is 1. The number of halogens is 3. The number of benzene rings is 1. The number of carbonyl (C=O) groups excluding carboxylic acids is 1. The van der Waals surface area contributed by atoms with Gasteiger partial charge in [0.15, 0.2) is 0 Å². The molecule has 1 aliphatic rings. The first-order chi connectivity index (χ1) is 14.1. The summed E-state index contributed by atoms with van der Waals surface area (Å²) in [5.74, 6) is -0.0263. The molecule has 1 aromatic carbocycles. The second kappa shape index (κ2) is 8.59. The van der Waals surface area contributed by atoms with Crippen molar-refractivity contribution in [1.29, 1.82) is 0 Å². The summed E-state index contributed by atoms with van der Waals surface area (Å²) >= 11 is 0. The van der Waals surface area contributed by atoms with Crippen molar-refractivity contribution in [2.75, 3.05) is 32.5 Å². The Balaban J connectivity index is 1.78. The van der Waals surface area contributed by atoms with Gasteiger partial charge in [-0.3, -0.25) is 4.79 Å². The molecular weight excluding hydrogens is 395 g/mol. The van der Waals surface area contributed by atoms with E-state index in [0.29, 0.717) is 11.3 Å². The van der Waals surface area contributed by atoms with Gasteiger partial charge in [0.2, 0.25) is 5.95 Å². The van der Waals surface area contributed by atoms with E-state index in [1.165, 1.54) is 6.92 Å². The fourth-order valence-corrected chi connectivity index (χ4v) is 3.60. The Morgan fingerprint density at radius 1 is 1.23 bits per heavy atom. The molecule has 6 nitrogen and oxygen atoms in total. The zero-order valence-electron chi connectivity index (χ0n) is 17.5. The summed E-state index contributed by atoms with van der Waals surface area (Å²) < 4.78 is 38.7. The molecule has 1 fully saturated rings. The van der Waals surface area contributed by atoms with Crippen molar-refractivity contribution in [2.24, 2.45) is 0 Å². The van der Waals surface area contributed by atoms with E-state index in [1.807, 2.05) is 14.0 Å². The number of anilines is 2. The standard InChI is InChI=1S/C21H26F3N5O/c1-13-5-6-15(27-20-25-12-18(14(2)26-20)21(22,23)24)11-17(13)19(30)29(4)16-7-9-28(3)10-8-16/h5-6,11-12,16H,7-10H2,1-4H3,(H,25,26,27). The highest BCUT2D eigenvalue weighted by molar-refractivity contribution is 5.96. The number of amides is 1. The Bertz CT molecular complexity index is 923. The fourth-order valence-electron chi connectivity index (χ4n) is 3.60. The van der Waals surface area contributed by atoms with Gasteiger partial charge in [0.25, 0.3) is 5.91 Å². The lowest BCUT2D eigenvalue weighted by atomic mass is 10.0. The van der Waals surface area contributed by atoms with E-state index in [1.54, 1.807) is 23.1 Å². The van der Waals surface area contributed by atoms with Gasteiger partial charge in [-0.1, -0.05) is 6.07 Å². The minimum absolute atomic E-state index is 0.0476. The maximum absolute atomic E-state index is 13.1. The highest BCUT2D eigenvalue weighted by atomic mass is 19.4. The lowest BCUT2D eigenvalue weighted by molar-refractivity contribution is -0.138. The average molecular weight is 421 g/mol. The smallest absolute Gasteiger partial charge is 0.339 e. The molecule has 9 heteroatoms. The zero-order chi connectivity index (χ0) is 22.1. The first-order valence-electron chi connectivity index (χ1n) is 9.80. The van der Waals surface area contributed by atoms with Gasteiger partial charge >= 0.3 is 6.18 Å². The Kier molecular flexibility index (Phi) is 6.30. The van der Waals surface area contributed by atoms with Gasteiger partial charge in [-0.25, -0.2) is 9.97 Å². The molecule has 1 saturated heterocycles. The molecule has 1 aromatic heterocycles. The quantitative estimate of drug-likeness (QED) is 0.808. The third-order valence-electron chi connectivity index (χ3n) is 5.57. The van der Waals surface area contributed by atoms with Crippen molar-refractivity contribution in [1.82, 2.24) is 19.8 Å². The molecule has 3 rings (SSSR count). The van der Waals surface area contributed by atoms with E-state index in [2.05, 4.69) is 27.2 Å². The Labute approximate surface area is 174 Å². The molecule has 2 aromatic rings. The number of nitrogens with zero attached hydrogens (tertiary/aromatic N) is 4. The summed E-state index contributed by atoms with van der Waals surface area (Å²) in [7, 11) is 3.89. The molecule has 30 heavy (non-hydrogen) atoms. The predicted molar refractivity (Wildman–Crippen MR) is 109 cm³/mol. The van der Waals surface area contributed by atoms with Crippen LogP contribution in [-0.2, 0) is 6.18 Å². The highest BCUT2D eigenvalue weighted by Crippen LogP contribution is 2.31. The lowest BCUT2D eigenvalue weighted by Gasteiger charge is -2.35. The van der Waals surface area contributed by atoms with E-state index >= 15 is 0 Å². The molecule has 1 amide bonds. The summed E-state index contributed by atoms with van der Waals surface area (Å²) in [6, 6.07) is 5.43.